The minimum absolute atomic E-state index is 0.482. The number of rotatable bonds is 3. The maximum absolute atomic E-state index is 5.73. The summed E-state index contributed by atoms with van der Waals surface area (Å²) in [6, 6.07) is 1.69. The van der Waals surface area contributed by atoms with Gasteiger partial charge >= 0.3 is 0 Å². The summed E-state index contributed by atoms with van der Waals surface area (Å²) in [4.78, 5) is 20.4. The van der Waals surface area contributed by atoms with Crippen molar-refractivity contribution >= 4 is 33.2 Å². The number of aryl methyl sites for hydroxylation is 3. The zero-order chi connectivity index (χ0) is 16.5. The van der Waals surface area contributed by atoms with E-state index in [2.05, 4.69) is 25.3 Å². The van der Waals surface area contributed by atoms with E-state index in [0.717, 1.165) is 29.3 Å². The maximum Gasteiger partial charge on any atom is 0.149 e. The lowest BCUT2D eigenvalue weighted by Gasteiger charge is -2.09. The van der Waals surface area contributed by atoms with Crippen molar-refractivity contribution in [3.63, 3.8) is 0 Å². The third kappa shape index (κ3) is 2.91. The number of hydrogen-bond donors (Lipinski definition) is 2. The van der Waals surface area contributed by atoms with Crippen LogP contribution in [0.5, 0.6) is 0 Å². The van der Waals surface area contributed by atoms with Gasteiger partial charge in [-0.15, -0.1) is 11.3 Å². The number of hydrogen-bond acceptors (Lipinski definition) is 7. The second-order valence-corrected chi connectivity index (χ2v) is 7.20. The number of nitrogen functional groups attached to an aromatic ring is 1. The Morgan fingerprint density at radius 2 is 2.04 bits per heavy atom. The molecule has 0 radical (unpaired) electrons. The van der Waals surface area contributed by atoms with Crippen LogP contribution in [0.4, 0.5) is 11.6 Å². The maximum atomic E-state index is 5.73. The topological polar surface area (TPSA) is 89.6 Å². The van der Waals surface area contributed by atoms with Crippen LogP contribution in [-0.4, -0.2) is 19.9 Å². The molecule has 1 aliphatic carbocycles. The highest BCUT2D eigenvalue weighted by Crippen LogP contribution is 2.38. The summed E-state index contributed by atoms with van der Waals surface area (Å²) in [5.41, 5.74) is 7.17. The van der Waals surface area contributed by atoms with Crippen molar-refractivity contribution in [2.45, 2.75) is 45.6 Å². The smallest absolute Gasteiger partial charge is 0.149 e. The van der Waals surface area contributed by atoms with Gasteiger partial charge in [-0.1, -0.05) is 6.42 Å². The Morgan fingerprint density at radius 3 is 2.92 bits per heavy atom. The average molecular weight is 340 g/mol. The number of thiophene rings is 1. The van der Waals surface area contributed by atoms with Gasteiger partial charge in [-0.3, -0.25) is 0 Å². The lowest BCUT2D eigenvalue weighted by molar-refractivity contribution is 0.713. The van der Waals surface area contributed by atoms with Crippen molar-refractivity contribution in [1.82, 2.24) is 19.9 Å². The van der Waals surface area contributed by atoms with Gasteiger partial charge in [0.2, 0.25) is 0 Å². The SMILES string of the molecule is Cc1nc(NCc2nccc(N)n2)c2c3c(sc2n1)CCCCC3. The Morgan fingerprint density at radius 1 is 1.17 bits per heavy atom. The molecule has 1 aliphatic rings. The van der Waals surface area contributed by atoms with Gasteiger partial charge in [0, 0.05) is 11.1 Å². The lowest BCUT2D eigenvalue weighted by atomic mass is 10.1. The molecule has 0 spiro atoms. The van der Waals surface area contributed by atoms with E-state index < -0.39 is 0 Å². The second-order valence-electron chi connectivity index (χ2n) is 6.12. The van der Waals surface area contributed by atoms with E-state index in [1.807, 2.05) is 18.3 Å². The Kier molecular flexibility index (Phi) is 4.02. The van der Waals surface area contributed by atoms with Gasteiger partial charge < -0.3 is 11.1 Å². The van der Waals surface area contributed by atoms with E-state index >= 15 is 0 Å². The van der Waals surface area contributed by atoms with Crippen LogP contribution in [0.25, 0.3) is 10.2 Å². The van der Waals surface area contributed by atoms with E-state index in [0.29, 0.717) is 18.2 Å². The number of anilines is 2. The van der Waals surface area contributed by atoms with Crippen LogP contribution in [0.1, 0.15) is 41.4 Å². The van der Waals surface area contributed by atoms with Crippen LogP contribution in [0.15, 0.2) is 12.3 Å². The quantitative estimate of drug-likeness (QED) is 0.711. The fourth-order valence-corrected chi connectivity index (χ4v) is 4.54. The third-order valence-electron chi connectivity index (χ3n) is 4.32. The van der Waals surface area contributed by atoms with Crippen molar-refractivity contribution in [3.8, 4) is 0 Å². The molecule has 3 N–H and O–H groups in total. The average Bonchev–Trinajstić information content (AvgIpc) is 2.74. The minimum Gasteiger partial charge on any atom is -0.384 e. The molecule has 0 saturated carbocycles. The number of nitrogens with two attached hydrogens (primary N) is 1. The number of nitrogens with zero attached hydrogens (tertiary/aromatic N) is 4. The van der Waals surface area contributed by atoms with Crippen LogP contribution in [0, 0.1) is 6.92 Å². The summed E-state index contributed by atoms with van der Waals surface area (Å²) < 4.78 is 0. The summed E-state index contributed by atoms with van der Waals surface area (Å²) in [6.45, 7) is 2.44. The first-order chi connectivity index (χ1) is 11.7. The molecule has 0 aromatic carbocycles. The lowest BCUT2D eigenvalue weighted by Crippen LogP contribution is -2.08. The summed E-state index contributed by atoms with van der Waals surface area (Å²) in [7, 11) is 0. The molecule has 0 aliphatic heterocycles. The monoisotopic (exact) mass is 340 g/mol. The predicted molar refractivity (Wildman–Crippen MR) is 97.2 cm³/mol. The largest absolute Gasteiger partial charge is 0.384 e. The second kappa shape index (κ2) is 6.32. The van der Waals surface area contributed by atoms with Crippen LogP contribution in [-0.2, 0) is 19.4 Å². The van der Waals surface area contributed by atoms with E-state index in [1.54, 1.807) is 12.3 Å². The van der Waals surface area contributed by atoms with Crippen molar-refractivity contribution in [1.29, 1.82) is 0 Å². The van der Waals surface area contributed by atoms with Crippen LogP contribution in [0.3, 0.4) is 0 Å². The van der Waals surface area contributed by atoms with Gasteiger partial charge in [-0.05, 0) is 44.2 Å². The van der Waals surface area contributed by atoms with E-state index in [4.69, 9.17) is 5.73 Å². The molecular formula is C17H20N6S. The first kappa shape index (κ1) is 15.3. The van der Waals surface area contributed by atoms with E-state index in [1.165, 1.54) is 35.1 Å². The van der Waals surface area contributed by atoms with Crippen LogP contribution >= 0.6 is 11.3 Å². The number of fused-ring (bicyclic) bond motifs is 3. The molecule has 0 unspecified atom stereocenters. The van der Waals surface area contributed by atoms with Crippen molar-refractivity contribution in [2.75, 3.05) is 11.1 Å². The van der Waals surface area contributed by atoms with Crippen molar-refractivity contribution in [2.24, 2.45) is 0 Å². The molecule has 3 heterocycles. The van der Waals surface area contributed by atoms with Crippen molar-refractivity contribution in [3.05, 3.63) is 34.4 Å². The molecule has 124 valence electrons. The molecule has 0 atom stereocenters. The van der Waals surface area contributed by atoms with E-state index in [9.17, 15) is 0 Å². The Balaban J connectivity index is 1.72. The fraction of sp³-hybridized carbons (Fsp3) is 0.412. The first-order valence-corrected chi connectivity index (χ1v) is 9.12. The van der Waals surface area contributed by atoms with Gasteiger partial charge in [0.15, 0.2) is 0 Å². The zero-order valence-electron chi connectivity index (χ0n) is 13.7. The minimum atomic E-state index is 0.482. The van der Waals surface area contributed by atoms with Gasteiger partial charge in [0.25, 0.3) is 0 Å². The van der Waals surface area contributed by atoms with Gasteiger partial charge in [0.05, 0.1) is 11.9 Å². The molecule has 7 heteroatoms. The molecular weight excluding hydrogens is 320 g/mol. The third-order valence-corrected chi connectivity index (χ3v) is 5.50. The fourth-order valence-electron chi connectivity index (χ4n) is 3.23. The normalized spacial score (nSPS) is 14.4. The summed E-state index contributed by atoms with van der Waals surface area (Å²) in [5.74, 6) is 2.83. The summed E-state index contributed by atoms with van der Waals surface area (Å²) >= 11 is 1.82. The van der Waals surface area contributed by atoms with E-state index in [-0.39, 0.29) is 0 Å². The molecule has 0 bridgehead atoms. The molecule has 4 rings (SSSR count). The van der Waals surface area contributed by atoms with Crippen LogP contribution in [0.2, 0.25) is 0 Å². The van der Waals surface area contributed by atoms with Gasteiger partial charge in [-0.2, -0.15) is 0 Å². The zero-order valence-corrected chi connectivity index (χ0v) is 14.5. The highest BCUT2D eigenvalue weighted by atomic mass is 32.1. The molecule has 0 amide bonds. The van der Waals surface area contributed by atoms with Gasteiger partial charge in [-0.25, -0.2) is 19.9 Å². The molecule has 3 aromatic rings. The molecule has 0 fully saturated rings. The standard InChI is InChI=1S/C17H20N6S/c1-10-21-16(20-9-14-19-8-7-13(18)23-14)15-11-5-3-2-4-6-12(11)24-17(15)22-10/h7-8H,2-6,9H2,1H3,(H2,18,19,23)(H,20,21,22). The Hall–Kier alpha value is -2.28. The first-order valence-electron chi connectivity index (χ1n) is 8.31. The number of nitrogens with one attached hydrogen (secondary N) is 1. The Bertz CT molecular complexity index is 888. The molecule has 24 heavy (non-hydrogen) atoms. The number of aromatic nitrogens is 4. The Labute approximate surface area is 144 Å². The van der Waals surface area contributed by atoms with Gasteiger partial charge in [0.1, 0.15) is 28.1 Å². The predicted octanol–water partition coefficient (Wildman–Crippen LogP) is 3.25. The van der Waals surface area contributed by atoms with Crippen LogP contribution < -0.4 is 11.1 Å². The van der Waals surface area contributed by atoms with Crippen molar-refractivity contribution < 1.29 is 0 Å². The highest BCUT2D eigenvalue weighted by Gasteiger charge is 2.19. The molecule has 0 saturated heterocycles. The highest BCUT2D eigenvalue weighted by molar-refractivity contribution is 7.19. The molecule has 6 nitrogen and oxygen atoms in total. The summed E-state index contributed by atoms with van der Waals surface area (Å²) in [5, 5.41) is 4.59. The summed E-state index contributed by atoms with van der Waals surface area (Å²) in [6.07, 6.45) is 7.77. The molecule has 3 aromatic heterocycles.